The zero-order valence-electron chi connectivity index (χ0n) is 25.9. The highest BCUT2D eigenvalue weighted by molar-refractivity contribution is 6.58. The van der Waals surface area contributed by atoms with Crippen molar-refractivity contribution in [2.24, 2.45) is 29.1 Å². The molecule has 10 nitrogen and oxygen atoms in total. The van der Waals surface area contributed by atoms with Gasteiger partial charge in [0.15, 0.2) is 0 Å². The van der Waals surface area contributed by atoms with Crippen LogP contribution in [0, 0.1) is 34.9 Å². The molecule has 3 fully saturated rings. The molecule has 0 aromatic heterocycles. The summed E-state index contributed by atoms with van der Waals surface area (Å²) in [7, 11) is -1.88. The lowest BCUT2D eigenvalue weighted by atomic mass is 9.51. The molecule has 2 heterocycles. The molecule has 258 valence electrons. The average molecular weight is 713 g/mol. The van der Waals surface area contributed by atoms with Gasteiger partial charge in [-0.15, -0.1) is 13.2 Å². The molecular weight excluding hydrogens is 687 g/mol. The van der Waals surface area contributed by atoms with Crippen LogP contribution < -0.4 is 20.0 Å². The number of ether oxygens (including phenoxy) is 1. The minimum Gasteiger partial charge on any atom is -0.508 e. The summed E-state index contributed by atoms with van der Waals surface area (Å²) in [5.41, 5.74) is -1.51. The molecule has 3 N–H and O–H groups in total. The molecule has 0 spiro atoms. The van der Waals surface area contributed by atoms with Gasteiger partial charge in [-0.1, -0.05) is 35.4 Å². The third-order valence-corrected chi connectivity index (χ3v) is 10.7. The summed E-state index contributed by atoms with van der Waals surface area (Å²) in [4.78, 5) is 58.6. The van der Waals surface area contributed by atoms with Crippen molar-refractivity contribution in [3.63, 3.8) is 0 Å². The third kappa shape index (κ3) is 5.09. The maximum atomic E-state index is 14.5. The van der Waals surface area contributed by atoms with E-state index in [1.807, 2.05) is 0 Å². The Morgan fingerprint density at radius 3 is 2.32 bits per heavy atom. The van der Waals surface area contributed by atoms with E-state index in [0.29, 0.717) is 5.57 Å². The molecule has 50 heavy (non-hydrogen) atoms. The van der Waals surface area contributed by atoms with E-state index in [1.165, 1.54) is 37.3 Å². The number of rotatable bonds is 5. The Labute approximate surface area is 286 Å². The highest BCUT2D eigenvalue weighted by Gasteiger charge is 2.68. The molecule has 1 saturated carbocycles. The maximum Gasteiger partial charge on any atom is 0.573 e. The van der Waals surface area contributed by atoms with Crippen LogP contribution >= 0.6 is 11.6 Å². The Morgan fingerprint density at radius 1 is 0.920 bits per heavy atom. The number of anilines is 2. The Balaban J connectivity index is 1.38. The molecule has 4 amide bonds. The van der Waals surface area contributed by atoms with Crippen LogP contribution in [-0.2, 0) is 19.2 Å². The first-order chi connectivity index (χ1) is 23.5. The molecule has 6 atom stereocenters. The summed E-state index contributed by atoms with van der Waals surface area (Å²) in [5.74, 6) is -10.2. The number of aromatic hydroxyl groups is 1. The van der Waals surface area contributed by atoms with Crippen molar-refractivity contribution in [3.8, 4) is 11.5 Å². The number of phenols is 1. The van der Waals surface area contributed by atoms with Crippen molar-refractivity contribution >= 4 is 59.2 Å². The first-order valence-electron chi connectivity index (χ1n) is 15.5. The average Bonchev–Trinajstić information content (AvgIpc) is 3.42. The van der Waals surface area contributed by atoms with E-state index in [1.54, 1.807) is 6.08 Å². The van der Waals surface area contributed by atoms with E-state index in [0.717, 1.165) is 40.1 Å². The minimum atomic E-state index is -5.10. The van der Waals surface area contributed by atoms with Crippen molar-refractivity contribution in [3.05, 3.63) is 88.7 Å². The SMILES string of the molecule is C[C@@]12C(=O)N(c3ccc(F)c(Cl)c3)C(=O)[C@@H]1C[C@@H]1C(=CC[C@@H]3C(=O)N(c4cccc(B(O)O)c4)C(=O)[C@@H]31)[C@@H]2c1cc(OC(F)(F)F)ccc1O. The smallest absolute Gasteiger partial charge is 0.508 e. The second-order valence-electron chi connectivity index (χ2n) is 13.0. The van der Waals surface area contributed by atoms with Crippen molar-refractivity contribution in [2.45, 2.75) is 32.0 Å². The summed E-state index contributed by atoms with van der Waals surface area (Å²) < 4.78 is 58.2. The standard InChI is InChI=1S/C34H26BClF4N2O8/c1-33-23(30(45)42(32(33)47)17-5-9-25(37)24(36)12-17)14-21-19(28(33)22-13-18(6-10-26(22)43)50-34(38,39)40)7-8-20-27(21)31(46)41(29(20)44)16-4-2-3-15(11-16)35(48)49/h2-7,9-13,20-21,23,27-28,43,48-49H,8,14H2,1H3/t20-,21+,23-,27-,28+,33+/m0/s1. The topological polar surface area (TPSA) is 145 Å². The van der Waals surface area contributed by atoms with E-state index in [9.17, 15) is 51.9 Å². The largest absolute Gasteiger partial charge is 0.573 e. The predicted molar refractivity (Wildman–Crippen MR) is 170 cm³/mol. The van der Waals surface area contributed by atoms with Gasteiger partial charge in [0.25, 0.3) is 0 Å². The molecule has 0 unspecified atom stereocenters. The number of phenolic OH excluding ortho intramolecular Hbond substituents is 1. The lowest BCUT2D eigenvalue weighted by molar-refractivity contribution is -0.274. The molecule has 4 aliphatic rings. The van der Waals surface area contributed by atoms with Crippen molar-refractivity contribution in [2.75, 3.05) is 9.80 Å². The number of carbonyl (C=O) groups is 4. The zero-order chi connectivity index (χ0) is 36.0. The quantitative estimate of drug-likeness (QED) is 0.155. The van der Waals surface area contributed by atoms with Gasteiger partial charge in [0.1, 0.15) is 17.3 Å². The number of benzene rings is 3. The van der Waals surface area contributed by atoms with Gasteiger partial charge in [0.2, 0.25) is 23.6 Å². The van der Waals surface area contributed by atoms with Gasteiger partial charge in [-0.2, -0.15) is 0 Å². The molecule has 0 radical (unpaired) electrons. The van der Waals surface area contributed by atoms with Crippen LogP contribution in [0.2, 0.25) is 5.02 Å². The Bertz CT molecular complexity index is 2020. The van der Waals surface area contributed by atoms with Gasteiger partial charge >= 0.3 is 13.5 Å². The summed E-state index contributed by atoms with van der Waals surface area (Å²) in [6, 6.07) is 11.6. The third-order valence-electron chi connectivity index (χ3n) is 10.4. The number of hydrogen-bond acceptors (Lipinski definition) is 8. The normalized spacial score (nSPS) is 27.6. The van der Waals surface area contributed by atoms with Gasteiger partial charge < -0.3 is 19.9 Å². The molecule has 3 aromatic carbocycles. The molecular formula is C34H26BClF4N2O8. The number of halogens is 5. The monoisotopic (exact) mass is 712 g/mol. The number of hydrogen-bond donors (Lipinski definition) is 3. The lowest BCUT2D eigenvalue weighted by Gasteiger charge is -2.49. The molecule has 2 aliphatic heterocycles. The fourth-order valence-electron chi connectivity index (χ4n) is 8.27. The second-order valence-corrected chi connectivity index (χ2v) is 13.4. The summed E-state index contributed by atoms with van der Waals surface area (Å²) in [5, 5.41) is 30.2. The summed E-state index contributed by atoms with van der Waals surface area (Å²) in [6.45, 7) is 1.45. The van der Waals surface area contributed by atoms with E-state index in [4.69, 9.17) is 11.6 Å². The zero-order valence-corrected chi connectivity index (χ0v) is 26.7. The number of allylic oxidation sites excluding steroid dienone is 2. The molecule has 3 aromatic rings. The Kier molecular flexibility index (Phi) is 7.88. The second kappa shape index (κ2) is 11.7. The Hall–Kier alpha value is -4.73. The van der Waals surface area contributed by atoms with Gasteiger partial charge in [-0.25, -0.2) is 9.29 Å². The van der Waals surface area contributed by atoms with E-state index < -0.39 is 89.4 Å². The first kappa shape index (κ1) is 33.8. The fourth-order valence-corrected chi connectivity index (χ4v) is 8.44. The van der Waals surface area contributed by atoms with Crippen LogP contribution in [0.3, 0.4) is 0 Å². The minimum absolute atomic E-state index is 0.0178. The number of carbonyl (C=O) groups excluding carboxylic acids is 4. The molecule has 2 aliphatic carbocycles. The van der Waals surface area contributed by atoms with Crippen molar-refractivity contribution < 1.29 is 56.6 Å². The van der Waals surface area contributed by atoms with Crippen LogP contribution in [0.4, 0.5) is 28.9 Å². The number of nitrogens with zero attached hydrogens (tertiary/aromatic N) is 2. The Morgan fingerprint density at radius 2 is 1.64 bits per heavy atom. The van der Waals surface area contributed by atoms with Crippen LogP contribution in [-0.4, -0.2) is 52.3 Å². The van der Waals surface area contributed by atoms with Gasteiger partial charge in [0.05, 0.1) is 39.6 Å². The number of alkyl halides is 3. The van der Waals surface area contributed by atoms with E-state index in [-0.39, 0.29) is 40.3 Å². The van der Waals surface area contributed by atoms with Gasteiger partial charge in [-0.3, -0.25) is 24.1 Å². The first-order valence-corrected chi connectivity index (χ1v) is 15.9. The van der Waals surface area contributed by atoms with Crippen LogP contribution in [0.15, 0.2) is 72.3 Å². The highest BCUT2D eigenvalue weighted by atomic mass is 35.5. The van der Waals surface area contributed by atoms with Crippen molar-refractivity contribution in [1.82, 2.24) is 0 Å². The number of amides is 4. The van der Waals surface area contributed by atoms with E-state index in [2.05, 4.69) is 4.74 Å². The predicted octanol–water partition coefficient (Wildman–Crippen LogP) is 4.20. The van der Waals surface area contributed by atoms with Crippen molar-refractivity contribution in [1.29, 1.82) is 0 Å². The maximum absolute atomic E-state index is 14.5. The fraction of sp³-hybridized carbons (Fsp3) is 0.294. The number of fused-ring (bicyclic) bond motifs is 4. The highest BCUT2D eigenvalue weighted by Crippen LogP contribution is 2.64. The summed E-state index contributed by atoms with van der Waals surface area (Å²) >= 11 is 6.00. The summed E-state index contributed by atoms with van der Waals surface area (Å²) in [6.07, 6.45) is -3.62. The van der Waals surface area contributed by atoms with Gasteiger partial charge in [0, 0.05) is 11.5 Å². The molecule has 7 rings (SSSR count). The molecule has 16 heteroatoms. The number of imide groups is 2. The molecule has 2 saturated heterocycles. The van der Waals surface area contributed by atoms with Gasteiger partial charge in [-0.05, 0) is 79.7 Å². The van der Waals surface area contributed by atoms with E-state index >= 15 is 0 Å². The van der Waals surface area contributed by atoms with Crippen LogP contribution in [0.25, 0.3) is 0 Å². The lowest BCUT2D eigenvalue weighted by Crippen LogP contribution is -2.49. The van der Waals surface area contributed by atoms with Crippen LogP contribution in [0.1, 0.15) is 31.2 Å². The van der Waals surface area contributed by atoms with Crippen LogP contribution in [0.5, 0.6) is 11.5 Å². The molecule has 0 bridgehead atoms.